The fraction of sp³-hybridized carbons (Fsp3) is 0.125. The first kappa shape index (κ1) is 12.6. The second-order valence-electron chi connectivity index (χ2n) is 4.67. The minimum atomic E-state index is -0.708. The lowest BCUT2D eigenvalue weighted by Crippen LogP contribution is -2.06. The molecule has 0 amide bonds. The van der Waals surface area contributed by atoms with Crippen LogP contribution in [0, 0.1) is 0 Å². The van der Waals surface area contributed by atoms with Crippen LogP contribution < -0.4 is 0 Å². The van der Waals surface area contributed by atoms with Crippen molar-refractivity contribution in [1.82, 2.24) is 15.0 Å². The summed E-state index contributed by atoms with van der Waals surface area (Å²) in [5.74, 6) is 0. The van der Waals surface area contributed by atoms with Crippen LogP contribution in [-0.2, 0) is 7.05 Å². The summed E-state index contributed by atoms with van der Waals surface area (Å²) in [7, 11) is 1.77. The lowest BCUT2D eigenvalue weighted by Gasteiger charge is -2.11. The van der Waals surface area contributed by atoms with E-state index in [1.807, 2.05) is 42.5 Å². The van der Waals surface area contributed by atoms with Crippen molar-refractivity contribution in [1.29, 1.82) is 0 Å². The quantitative estimate of drug-likeness (QED) is 0.791. The number of benzene rings is 2. The van der Waals surface area contributed by atoms with Crippen molar-refractivity contribution >= 4 is 0 Å². The van der Waals surface area contributed by atoms with Gasteiger partial charge in [-0.15, -0.1) is 5.10 Å². The highest BCUT2D eigenvalue weighted by Gasteiger charge is 2.14. The van der Waals surface area contributed by atoms with Crippen LogP contribution in [-0.4, -0.2) is 20.1 Å². The highest BCUT2D eigenvalue weighted by Crippen LogP contribution is 2.24. The largest absolute Gasteiger partial charge is 0.382 e. The van der Waals surface area contributed by atoms with Gasteiger partial charge in [-0.25, -0.2) is 4.68 Å². The first-order chi connectivity index (χ1) is 9.75. The zero-order valence-electron chi connectivity index (χ0n) is 11.1. The molecule has 0 saturated heterocycles. The second-order valence-corrected chi connectivity index (χ2v) is 4.67. The van der Waals surface area contributed by atoms with E-state index in [1.54, 1.807) is 17.9 Å². The molecule has 1 heterocycles. The number of aliphatic hydroxyl groups excluding tert-OH is 1. The maximum absolute atomic E-state index is 10.3. The molecule has 3 aromatic rings. The number of aryl methyl sites for hydroxylation is 1. The molecule has 0 radical (unpaired) electrons. The molecule has 20 heavy (non-hydrogen) atoms. The summed E-state index contributed by atoms with van der Waals surface area (Å²) >= 11 is 0. The van der Waals surface area contributed by atoms with Gasteiger partial charge < -0.3 is 5.11 Å². The Labute approximate surface area is 117 Å². The van der Waals surface area contributed by atoms with Crippen LogP contribution in [0.3, 0.4) is 0 Å². The van der Waals surface area contributed by atoms with E-state index in [2.05, 4.69) is 22.4 Å². The Balaban J connectivity index is 1.89. The molecule has 3 rings (SSSR count). The van der Waals surface area contributed by atoms with E-state index in [9.17, 15) is 5.11 Å². The smallest absolute Gasteiger partial charge is 0.122 e. The zero-order valence-corrected chi connectivity index (χ0v) is 11.1. The summed E-state index contributed by atoms with van der Waals surface area (Å²) < 4.78 is 1.58. The van der Waals surface area contributed by atoms with Gasteiger partial charge in [-0.1, -0.05) is 59.8 Å². The summed E-state index contributed by atoms with van der Waals surface area (Å²) in [5, 5.41) is 17.9. The fourth-order valence-electron chi connectivity index (χ4n) is 2.20. The van der Waals surface area contributed by atoms with Gasteiger partial charge in [0, 0.05) is 7.05 Å². The first-order valence-corrected chi connectivity index (χ1v) is 6.44. The van der Waals surface area contributed by atoms with Gasteiger partial charge in [-0.05, 0) is 16.7 Å². The van der Waals surface area contributed by atoms with Gasteiger partial charge in [0.15, 0.2) is 0 Å². The van der Waals surface area contributed by atoms with E-state index in [0.29, 0.717) is 5.69 Å². The van der Waals surface area contributed by atoms with Gasteiger partial charge in [0.25, 0.3) is 0 Å². The lowest BCUT2D eigenvalue weighted by atomic mass is 10.0. The molecular weight excluding hydrogens is 250 g/mol. The number of aliphatic hydroxyl groups is 1. The van der Waals surface area contributed by atoms with Crippen molar-refractivity contribution in [3.8, 4) is 11.1 Å². The van der Waals surface area contributed by atoms with Gasteiger partial charge in [0.05, 0.1) is 11.9 Å². The molecule has 1 aromatic heterocycles. The van der Waals surface area contributed by atoms with Gasteiger partial charge in [-0.2, -0.15) is 0 Å². The molecule has 0 spiro atoms. The van der Waals surface area contributed by atoms with Gasteiger partial charge in [0.1, 0.15) is 6.10 Å². The summed E-state index contributed by atoms with van der Waals surface area (Å²) in [6.45, 7) is 0. The zero-order chi connectivity index (χ0) is 13.9. The molecule has 1 unspecified atom stereocenters. The third-order valence-electron chi connectivity index (χ3n) is 3.36. The van der Waals surface area contributed by atoms with Crippen LogP contribution in [0.2, 0.25) is 0 Å². The maximum Gasteiger partial charge on any atom is 0.122 e. The molecule has 1 atom stereocenters. The van der Waals surface area contributed by atoms with Crippen LogP contribution in [0.5, 0.6) is 0 Å². The second kappa shape index (κ2) is 5.27. The van der Waals surface area contributed by atoms with Crippen LogP contribution in [0.25, 0.3) is 11.1 Å². The predicted octanol–water partition coefficient (Wildman–Crippen LogP) is 2.56. The first-order valence-electron chi connectivity index (χ1n) is 6.44. The molecule has 0 aliphatic carbocycles. The monoisotopic (exact) mass is 265 g/mol. The van der Waals surface area contributed by atoms with E-state index < -0.39 is 6.10 Å². The van der Waals surface area contributed by atoms with Crippen molar-refractivity contribution in [2.75, 3.05) is 0 Å². The minimum absolute atomic E-state index is 0.678. The molecule has 0 saturated carbocycles. The summed E-state index contributed by atoms with van der Waals surface area (Å²) in [5.41, 5.74) is 3.80. The molecule has 0 aliphatic heterocycles. The lowest BCUT2D eigenvalue weighted by molar-refractivity contribution is 0.210. The molecular formula is C16H15N3O. The van der Waals surface area contributed by atoms with Crippen molar-refractivity contribution in [2.45, 2.75) is 6.10 Å². The number of hydrogen-bond donors (Lipinski definition) is 1. The van der Waals surface area contributed by atoms with Crippen molar-refractivity contribution in [3.05, 3.63) is 72.1 Å². The molecule has 4 nitrogen and oxygen atoms in total. The van der Waals surface area contributed by atoms with E-state index in [1.165, 1.54) is 0 Å². The third-order valence-corrected chi connectivity index (χ3v) is 3.36. The number of nitrogens with zero attached hydrogens (tertiary/aromatic N) is 3. The standard InChI is InChI=1S/C16H15N3O/c1-19-15(11-17-18-19)16(20)14-9-7-13(8-10-14)12-5-3-2-4-6-12/h2-11,16,20H,1H3. The van der Waals surface area contributed by atoms with Crippen molar-refractivity contribution < 1.29 is 5.11 Å². The number of rotatable bonds is 3. The predicted molar refractivity (Wildman–Crippen MR) is 76.9 cm³/mol. The Morgan fingerprint density at radius 2 is 1.60 bits per heavy atom. The molecule has 0 bridgehead atoms. The topological polar surface area (TPSA) is 50.9 Å². The maximum atomic E-state index is 10.3. The van der Waals surface area contributed by atoms with E-state index >= 15 is 0 Å². The van der Waals surface area contributed by atoms with Crippen LogP contribution in [0.4, 0.5) is 0 Å². The van der Waals surface area contributed by atoms with Crippen LogP contribution >= 0.6 is 0 Å². The Kier molecular flexibility index (Phi) is 3.31. The summed E-state index contributed by atoms with van der Waals surface area (Å²) in [6, 6.07) is 18.0. The fourth-order valence-corrected chi connectivity index (χ4v) is 2.20. The van der Waals surface area contributed by atoms with E-state index in [4.69, 9.17) is 0 Å². The Hall–Kier alpha value is -2.46. The van der Waals surface area contributed by atoms with Gasteiger partial charge in [-0.3, -0.25) is 0 Å². The van der Waals surface area contributed by atoms with Gasteiger partial charge in [0.2, 0.25) is 0 Å². The third kappa shape index (κ3) is 2.33. The van der Waals surface area contributed by atoms with Crippen LogP contribution in [0.15, 0.2) is 60.8 Å². The van der Waals surface area contributed by atoms with E-state index in [-0.39, 0.29) is 0 Å². The number of aromatic nitrogens is 3. The van der Waals surface area contributed by atoms with E-state index in [0.717, 1.165) is 16.7 Å². The average molecular weight is 265 g/mol. The Morgan fingerprint density at radius 1 is 0.950 bits per heavy atom. The Bertz CT molecular complexity index is 689. The molecule has 0 aliphatic rings. The average Bonchev–Trinajstić information content (AvgIpc) is 2.94. The highest BCUT2D eigenvalue weighted by molar-refractivity contribution is 5.63. The van der Waals surface area contributed by atoms with Gasteiger partial charge >= 0.3 is 0 Å². The molecule has 0 fully saturated rings. The van der Waals surface area contributed by atoms with Crippen LogP contribution in [0.1, 0.15) is 17.4 Å². The molecule has 100 valence electrons. The molecule has 1 N–H and O–H groups in total. The SMILES string of the molecule is Cn1nncc1C(O)c1ccc(-c2ccccc2)cc1. The normalized spacial score (nSPS) is 12.3. The van der Waals surface area contributed by atoms with Crippen molar-refractivity contribution in [2.24, 2.45) is 7.05 Å². The Morgan fingerprint density at radius 3 is 2.20 bits per heavy atom. The summed E-state index contributed by atoms with van der Waals surface area (Å²) in [4.78, 5) is 0. The highest BCUT2D eigenvalue weighted by atomic mass is 16.3. The van der Waals surface area contributed by atoms with Crippen molar-refractivity contribution in [3.63, 3.8) is 0 Å². The molecule has 2 aromatic carbocycles. The number of hydrogen-bond acceptors (Lipinski definition) is 3. The summed E-state index contributed by atoms with van der Waals surface area (Å²) in [6.07, 6.45) is 0.871. The minimum Gasteiger partial charge on any atom is -0.382 e. The molecule has 4 heteroatoms.